The summed E-state index contributed by atoms with van der Waals surface area (Å²) in [5.74, 6) is 0.605. The molecule has 0 unspecified atom stereocenters. The van der Waals surface area contributed by atoms with E-state index in [1.54, 1.807) is 17.0 Å². The molecule has 192 valence electrons. The predicted molar refractivity (Wildman–Crippen MR) is 140 cm³/mol. The fraction of sp³-hybridized carbons (Fsp3) is 0.536. The number of anilines is 1. The molecule has 0 radical (unpaired) electrons. The van der Waals surface area contributed by atoms with Crippen molar-refractivity contribution in [3.63, 3.8) is 0 Å². The first kappa shape index (κ1) is 24.6. The summed E-state index contributed by atoms with van der Waals surface area (Å²) in [6, 6.07) is 15.3. The van der Waals surface area contributed by atoms with Crippen LogP contribution in [0.5, 0.6) is 0 Å². The molecule has 2 saturated carbocycles. The van der Waals surface area contributed by atoms with E-state index in [0.717, 1.165) is 32.2 Å². The standard InChI is InChI=1S/C28H37N5O3/c1-31(2)28(22-10-4-3-5-11-22)16-14-27(15-17-28)20-32(26(36)33(27)18-21-8-6-9-21)19-25(35)30-23-12-7-13-24(34)29-23/h3-5,7,10-13,21H,6,8-9,14-20H2,1-2H3,(H2,29,30,34,35). The molecule has 8 heteroatoms. The fourth-order valence-electron chi connectivity index (χ4n) is 6.39. The molecule has 1 aliphatic heterocycles. The third-order valence-electron chi connectivity index (χ3n) is 8.78. The van der Waals surface area contributed by atoms with Crippen LogP contribution < -0.4 is 10.9 Å². The van der Waals surface area contributed by atoms with Gasteiger partial charge in [0.05, 0.1) is 5.54 Å². The summed E-state index contributed by atoms with van der Waals surface area (Å²) in [7, 11) is 4.31. The van der Waals surface area contributed by atoms with E-state index in [4.69, 9.17) is 0 Å². The van der Waals surface area contributed by atoms with Gasteiger partial charge in [-0.25, -0.2) is 4.79 Å². The first-order chi connectivity index (χ1) is 17.3. The van der Waals surface area contributed by atoms with Crippen LogP contribution in [0.3, 0.4) is 0 Å². The lowest BCUT2D eigenvalue weighted by Crippen LogP contribution is -2.56. The lowest BCUT2D eigenvalue weighted by atomic mass is 9.68. The monoisotopic (exact) mass is 491 g/mol. The van der Waals surface area contributed by atoms with Gasteiger partial charge in [0, 0.05) is 24.7 Å². The molecule has 3 fully saturated rings. The van der Waals surface area contributed by atoms with Gasteiger partial charge < -0.3 is 20.1 Å². The van der Waals surface area contributed by atoms with Crippen LogP contribution in [-0.4, -0.2) is 70.9 Å². The van der Waals surface area contributed by atoms with Crippen molar-refractivity contribution in [2.24, 2.45) is 5.92 Å². The number of amides is 3. The van der Waals surface area contributed by atoms with Crippen molar-refractivity contribution in [2.45, 2.75) is 56.0 Å². The smallest absolute Gasteiger partial charge is 0.317 e. The van der Waals surface area contributed by atoms with Crippen molar-refractivity contribution in [1.29, 1.82) is 0 Å². The highest BCUT2D eigenvalue weighted by Crippen LogP contribution is 2.49. The van der Waals surface area contributed by atoms with Crippen molar-refractivity contribution in [1.82, 2.24) is 19.7 Å². The predicted octanol–water partition coefficient (Wildman–Crippen LogP) is 3.62. The molecule has 1 aromatic carbocycles. The second-order valence-electron chi connectivity index (χ2n) is 11.0. The average molecular weight is 492 g/mol. The molecule has 1 spiro atoms. The Labute approximate surface area is 212 Å². The molecular formula is C28H37N5O3. The van der Waals surface area contributed by atoms with Crippen LogP contribution >= 0.6 is 0 Å². The molecule has 2 heterocycles. The molecule has 1 saturated heterocycles. The number of hydrogen-bond acceptors (Lipinski definition) is 4. The second kappa shape index (κ2) is 9.73. The van der Waals surface area contributed by atoms with Gasteiger partial charge in [0.2, 0.25) is 11.5 Å². The Kier molecular flexibility index (Phi) is 6.64. The minimum absolute atomic E-state index is 0.0177. The van der Waals surface area contributed by atoms with E-state index < -0.39 is 0 Å². The van der Waals surface area contributed by atoms with E-state index >= 15 is 0 Å². The number of aromatic amines is 1. The molecule has 3 amide bonds. The van der Waals surface area contributed by atoms with E-state index in [0.29, 0.717) is 18.3 Å². The largest absolute Gasteiger partial charge is 0.321 e. The summed E-state index contributed by atoms with van der Waals surface area (Å²) in [5, 5.41) is 2.74. The number of carbonyl (C=O) groups is 2. The molecule has 0 atom stereocenters. The van der Waals surface area contributed by atoms with Gasteiger partial charge in [-0.15, -0.1) is 0 Å². The number of nitrogens with one attached hydrogen (secondary N) is 2. The lowest BCUT2D eigenvalue weighted by Gasteiger charge is -2.51. The number of nitrogens with zero attached hydrogens (tertiary/aromatic N) is 3. The van der Waals surface area contributed by atoms with Crippen molar-refractivity contribution in [3.05, 3.63) is 64.4 Å². The molecule has 8 nitrogen and oxygen atoms in total. The highest BCUT2D eigenvalue weighted by Gasteiger charge is 2.55. The van der Waals surface area contributed by atoms with Crippen molar-refractivity contribution < 1.29 is 9.59 Å². The van der Waals surface area contributed by atoms with Gasteiger partial charge in [-0.3, -0.25) is 14.5 Å². The number of rotatable bonds is 7. The number of H-pyrrole nitrogens is 1. The van der Waals surface area contributed by atoms with Gasteiger partial charge in [-0.05, 0) is 70.2 Å². The van der Waals surface area contributed by atoms with E-state index in [9.17, 15) is 14.4 Å². The average Bonchev–Trinajstić information content (AvgIpc) is 3.07. The minimum atomic E-state index is -0.298. The Balaban J connectivity index is 1.34. The van der Waals surface area contributed by atoms with E-state index in [2.05, 4.69) is 64.5 Å². The normalized spacial score (nSPS) is 26.5. The van der Waals surface area contributed by atoms with Gasteiger partial charge in [0.1, 0.15) is 12.4 Å². The summed E-state index contributed by atoms with van der Waals surface area (Å²) in [4.78, 5) is 46.8. The van der Waals surface area contributed by atoms with Crippen LogP contribution in [-0.2, 0) is 10.3 Å². The maximum Gasteiger partial charge on any atom is 0.321 e. The Morgan fingerprint density at radius 1 is 1.03 bits per heavy atom. The third kappa shape index (κ3) is 4.54. The zero-order valence-corrected chi connectivity index (χ0v) is 21.3. The highest BCUT2D eigenvalue weighted by molar-refractivity contribution is 5.94. The van der Waals surface area contributed by atoms with Crippen LogP contribution in [0.15, 0.2) is 53.3 Å². The molecular weight excluding hydrogens is 454 g/mol. The second-order valence-corrected chi connectivity index (χ2v) is 11.0. The van der Waals surface area contributed by atoms with Gasteiger partial charge >= 0.3 is 6.03 Å². The van der Waals surface area contributed by atoms with Crippen molar-refractivity contribution >= 4 is 17.8 Å². The minimum Gasteiger partial charge on any atom is -0.317 e. The fourth-order valence-corrected chi connectivity index (χ4v) is 6.39. The van der Waals surface area contributed by atoms with E-state index in [-0.39, 0.29) is 35.1 Å². The number of aromatic nitrogens is 1. The summed E-state index contributed by atoms with van der Waals surface area (Å²) in [5.41, 5.74) is 0.748. The number of carbonyl (C=O) groups excluding carboxylic acids is 2. The zero-order chi connectivity index (χ0) is 25.3. The Hall–Kier alpha value is -3.13. The molecule has 2 aromatic rings. The Bertz CT molecular complexity index is 1150. The molecule has 5 rings (SSSR count). The van der Waals surface area contributed by atoms with Gasteiger partial charge in [0.25, 0.3) is 0 Å². The lowest BCUT2D eigenvalue weighted by molar-refractivity contribution is -0.116. The van der Waals surface area contributed by atoms with Crippen LogP contribution in [0.25, 0.3) is 0 Å². The van der Waals surface area contributed by atoms with Crippen molar-refractivity contribution in [2.75, 3.05) is 39.0 Å². The quantitative estimate of drug-likeness (QED) is 0.619. The topological polar surface area (TPSA) is 88.7 Å². The Morgan fingerprint density at radius 3 is 2.36 bits per heavy atom. The molecule has 36 heavy (non-hydrogen) atoms. The maximum atomic E-state index is 13.7. The number of urea groups is 1. The first-order valence-electron chi connectivity index (χ1n) is 13.1. The van der Waals surface area contributed by atoms with Crippen LogP contribution in [0.2, 0.25) is 0 Å². The number of pyridine rings is 1. The Morgan fingerprint density at radius 2 is 1.75 bits per heavy atom. The summed E-state index contributed by atoms with van der Waals surface area (Å²) < 4.78 is 0. The molecule has 3 aliphatic rings. The zero-order valence-electron chi connectivity index (χ0n) is 21.3. The summed E-state index contributed by atoms with van der Waals surface area (Å²) >= 11 is 0. The molecule has 2 N–H and O–H groups in total. The number of benzene rings is 1. The highest BCUT2D eigenvalue weighted by atomic mass is 16.2. The molecule has 0 bridgehead atoms. The van der Waals surface area contributed by atoms with Crippen LogP contribution in [0.1, 0.15) is 50.5 Å². The maximum absolute atomic E-state index is 13.7. The van der Waals surface area contributed by atoms with E-state index in [1.807, 2.05) is 0 Å². The van der Waals surface area contributed by atoms with Gasteiger partial charge in [-0.1, -0.05) is 42.8 Å². The third-order valence-corrected chi connectivity index (χ3v) is 8.78. The van der Waals surface area contributed by atoms with Crippen LogP contribution in [0.4, 0.5) is 10.6 Å². The summed E-state index contributed by atoms with van der Waals surface area (Å²) in [6.45, 7) is 1.33. The van der Waals surface area contributed by atoms with Crippen molar-refractivity contribution in [3.8, 4) is 0 Å². The first-order valence-corrected chi connectivity index (χ1v) is 13.1. The van der Waals surface area contributed by atoms with Crippen LogP contribution in [0, 0.1) is 5.92 Å². The molecule has 2 aliphatic carbocycles. The molecule has 1 aromatic heterocycles. The van der Waals surface area contributed by atoms with E-state index in [1.165, 1.54) is 30.9 Å². The SMILES string of the molecule is CN(C)C1(c2ccccc2)CCC2(CC1)CN(CC(=O)Nc1cccc(=O)[nH]1)C(=O)N2CC1CCC1. The summed E-state index contributed by atoms with van der Waals surface area (Å²) in [6.07, 6.45) is 7.32. The number of hydrogen-bond donors (Lipinski definition) is 2. The van der Waals surface area contributed by atoms with Gasteiger partial charge in [0.15, 0.2) is 0 Å². The van der Waals surface area contributed by atoms with Gasteiger partial charge in [-0.2, -0.15) is 0 Å².